The molecule has 0 atom stereocenters. The summed E-state index contributed by atoms with van der Waals surface area (Å²) in [7, 11) is -4.21. The first-order valence-corrected chi connectivity index (χ1v) is 10.5. The fourth-order valence-electron chi connectivity index (χ4n) is 4.71. The molecule has 0 unspecified atom stereocenters. The van der Waals surface area contributed by atoms with Gasteiger partial charge in [-0.05, 0) is 42.8 Å². The Hall–Kier alpha value is -1.72. The zero-order valence-electron chi connectivity index (χ0n) is 16.4. The van der Waals surface area contributed by atoms with Crippen molar-refractivity contribution in [1.82, 2.24) is 0 Å². The van der Waals surface area contributed by atoms with Crippen LogP contribution in [0.3, 0.4) is 0 Å². The van der Waals surface area contributed by atoms with Gasteiger partial charge in [-0.1, -0.05) is 33.8 Å². The van der Waals surface area contributed by atoms with Crippen molar-refractivity contribution in [2.45, 2.75) is 58.3 Å². The van der Waals surface area contributed by atoms with E-state index in [0.717, 1.165) is 23.7 Å². The Kier molecular flexibility index (Phi) is 4.32. The summed E-state index contributed by atoms with van der Waals surface area (Å²) in [6.45, 7) is 14.4. The molecule has 4 nitrogen and oxygen atoms in total. The van der Waals surface area contributed by atoms with Crippen molar-refractivity contribution < 1.29 is 17.5 Å². The summed E-state index contributed by atoms with van der Waals surface area (Å²) >= 11 is 0. The summed E-state index contributed by atoms with van der Waals surface area (Å²) < 4.78 is 34.8. The molecule has 0 amide bonds. The molecule has 1 aliphatic heterocycles. The number of fused-ring (bicyclic) bond motifs is 3. The van der Waals surface area contributed by atoms with Gasteiger partial charge in [-0.3, -0.25) is 4.55 Å². The molecule has 0 aliphatic carbocycles. The minimum Gasteiger partial charge on any atom is -0.282 e. The van der Waals surface area contributed by atoms with Gasteiger partial charge in [0.05, 0.1) is 10.3 Å². The third kappa shape index (κ3) is 2.87. The van der Waals surface area contributed by atoms with Gasteiger partial charge in [0.1, 0.15) is 6.54 Å². The Balaban J connectivity index is 2.35. The average molecular weight is 375 g/mol. The Morgan fingerprint density at radius 2 is 1.77 bits per heavy atom. The van der Waals surface area contributed by atoms with Gasteiger partial charge in [-0.25, -0.2) is 0 Å². The van der Waals surface area contributed by atoms with E-state index in [1.807, 2.05) is 12.1 Å². The SMILES string of the molecule is CCC[N+]1=C(C(C)(C)C)C(C)(C)c2c1ccc1cc(S(=O)(=O)O)ccc21. The van der Waals surface area contributed by atoms with Crippen LogP contribution in [0.25, 0.3) is 10.8 Å². The minimum atomic E-state index is -4.21. The number of hydrogen-bond donors (Lipinski definition) is 1. The fraction of sp³-hybridized carbons (Fsp3) is 0.476. The summed E-state index contributed by atoms with van der Waals surface area (Å²) in [4.78, 5) is -0.0637. The van der Waals surface area contributed by atoms with Gasteiger partial charge < -0.3 is 0 Å². The standard InChI is InChI=1S/C21H27NO3S/c1-7-12-22-17-11-8-14-13-15(26(23,24)25)9-10-16(14)18(17)21(5,6)19(22)20(2,3)4/h8-11,13H,7,12H2,1-6H3/p+1. The third-order valence-electron chi connectivity index (χ3n) is 5.20. The quantitative estimate of drug-likeness (QED) is 0.613. The molecular formula is C21H28NO3S+. The molecule has 2 aromatic carbocycles. The van der Waals surface area contributed by atoms with E-state index in [9.17, 15) is 13.0 Å². The zero-order valence-corrected chi connectivity index (χ0v) is 17.2. The van der Waals surface area contributed by atoms with E-state index in [4.69, 9.17) is 0 Å². The van der Waals surface area contributed by atoms with E-state index >= 15 is 0 Å². The molecule has 2 aromatic rings. The average Bonchev–Trinajstić information content (AvgIpc) is 2.73. The van der Waals surface area contributed by atoms with E-state index in [1.165, 1.54) is 23.0 Å². The van der Waals surface area contributed by atoms with Gasteiger partial charge in [-0.2, -0.15) is 13.0 Å². The normalized spacial score (nSPS) is 17.0. The molecule has 5 heteroatoms. The number of benzene rings is 2. The van der Waals surface area contributed by atoms with Crippen LogP contribution in [0.5, 0.6) is 0 Å². The van der Waals surface area contributed by atoms with Crippen LogP contribution in [0.4, 0.5) is 5.69 Å². The minimum absolute atomic E-state index is 0.0123. The van der Waals surface area contributed by atoms with Crippen molar-refractivity contribution in [3.8, 4) is 0 Å². The van der Waals surface area contributed by atoms with Crippen molar-refractivity contribution in [1.29, 1.82) is 0 Å². The molecule has 140 valence electrons. The lowest BCUT2D eigenvalue weighted by Crippen LogP contribution is -2.39. The second-order valence-corrected chi connectivity index (χ2v) is 10.1. The van der Waals surface area contributed by atoms with Crippen molar-refractivity contribution in [2.75, 3.05) is 6.54 Å². The molecule has 0 saturated heterocycles. The smallest absolute Gasteiger partial charge is 0.282 e. The topological polar surface area (TPSA) is 57.4 Å². The van der Waals surface area contributed by atoms with Crippen molar-refractivity contribution >= 4 is 32.3 Å². The lowest BCUT2D eigenvalue weighted by atomic mass is 9.70. The van der Waals surface area contributed by atoms with E-state index in [2.05, 4.69) is 52.2 Å². The summed E-state index contributed by atoms with van der Waals surface area (Å²) in [5.74, 6) is 0. The van der Waals surface area contributed by atoms with Gasteiger partial charge in [0.15, 0.2) is 5.71 Å². The molecule has 0 aromatic heterocycles. The molecule has 1 N–H and O–H groups in total. The summed E-state index contributed by atoms with van der Waals surface area (Å²) in [5, 5.41) is 1.87. The van der Waals surface area contributed by atoms with Gasteiger partial charge >= 0.3 is 0 Å². The van der Waals surface area contributed by atoms with Gasteiger partial charge in [-0.15, -0.1) is 0 Å². The lowest BCUT2D eigenvalue weighted by molar-refractivity contribution is -0.442. The summed E-state index contributed by atoms with van der Waals surface area (Å²) in [6, 6.07) is 8.91. The molecular weight excluding hydrogens is 346 g/mol. The molecule has 0 fully saturated rings. The summed E-state index contributed by atoms with van der Waals surface area (Å²) in [6.07, 6.45) is 1.05. The summed E-state index contributed by atoms with van der Waals surface area (Å²) in [5.41, 5.74) is 3.66. The fourth-order valence-corrected chi connectivity index (χ4v) is 5.23. The molecule has 1 heterocycles. The third-order valence-corrected chi connectivity index (χ3v) is 6.05. The Bertz CT molecular complexity index is 1030. The van der Waals surface area contributed by atoms with Crippen LogP contribution in [-0.2, 0) is 15.5 Å². The van der Waals surface area contributed by atoms with Crippen molar-refractivity contribution in [3.05, 3.63) is 35.9 Å². The molecule has 26 heavy (non-hydrogen) atoms. The van der Waals surface area contributed by atoms with E-state index in [-0.39, 0.29) is 15.7 Å². The van der Waals surface area contributed by atoms with Crippen LogP contribution in [0.15, 0.2) is 35.2 Å². The van der Waals surface area contributed by atoms with Gasteiger partial charge in [0.25, 0.3) is 10.1 Å². The Labute approximate surface area is 156 Å². The largest absolute Gasteiger partial charge is 0.294 e. The second-order valence-electron chi connectivity index (χ2n) is 8.69. The van der Waals surface area contributed by atoms with Crippen LogP contribution >= 0.6 is 0 Å². The molecule has 0 radical (unpaired) electrons. The van der Waals surface area contributed by atoms with Crippen LogP contribution in [0, 0.1) is 5.41 Å². The first-order valence-electron chi connectivity index (χ1n) is 9.09. The Morgan fingerprint density at radius 1 is 1.12 bits per heavy atom. The maximum Gasteiger partial charge on any atom is 0.294 e. The van der Waals surface area contributed by atoms with Crippen LogP contribution < -0.4 is 0 Å². The highest BCUT2D eigenvalue weighted by Gasteiger charge is 2.51. The highest BCUT2D eigenvalue weighted by Crippen LogP contribution is 2.48. The van der Waals surface area contributed by atoms with Gasteiger partial charge in [0, 0.05) is 23.5 Å². The molecule has 0 spiro atoms. The number of hydrogen-bond acceptors (Lipinski definition) is 2. The molecule has 1 aliphatic rings. The molecule has 0 saturated carbocycles. The maximum absolute atomic E-state index is 11.5. The van der Waals surface area contributed by atoms with Crippen LogP contribution in [0.2, 0.25) is 0 Å². The van der Waals surface area contributed by atoms with E-state index in [1.54, 1.807) is 6.07 Å². The first-order chi connectivity index (χ1) is 11.9. The molecule has 0 bridgehead atoms. The first kappa shape index (κ1) is 19.1. The van der Waals surface area contributed by atoms with Crippen LogP contribution in [0.1, 0.15) is 53.5 Å². The number of nitrogens with zero attached hydrogens (tertiary/aromatic N) is 1. The van der Waals surface area contributed by atoms with E-state index in [0.29, 0.717) is 0 Å². The highest BCUT2D eigenvalue weighted by molar-refractivity contribution is 7.85. The van der Waals surface area contributed by atoms with Gasteiger partial charge in [0.2, 0.25) is 5.69 Å². The van der Waals surface area contributed by atoms with Crippen LogP contribution in [-0.4, -0.2) is 29.8 Å². The lowest BCUT2D eigenvalue weighted by Gasteiger charge is -2.27. The maximum atomic E-state index is 11.5. The van der Waals surface area contributed by atoms with Crippen molar-refractivity contribution in [3.63, 3.8) is 0 Å². The zero-order chi connectivity index (χ0) is 19.5. The predicted octanol–water partition coefficient (Wildman–Crippen LogP) is 4.92. The second kappa shape index (κ2) is 5.89. The number of rotatable bonds is 3. The monoisotopic (exact) mass is 374 g/mol. The molecule has 3 rings (SSSR count). The highest BCUT2D eigenvalue weighted by atomic mass is 32.2. The predicted molar refractivity (Wildman–Crippen MR) is 106 cm³/mol. The van der Waals surface area contributed by atoms with Crippen molar-refractivity contribution in [2.24, 2.45) is 5.41 Å². The van der Waals surface area contributed by atoms with E-state index < -0.39 is 10.1 Å². The Morgan fingerprint density at radius 3 is 2.31 bits per heavy atom.